The van der Waals surface area contributed by atoms with E-state index < -0.39 is 0 Å². The van der Waals surface area contributed by atoms with Gasteiger partial charge in [0.1, 0.15) is 12.4 Å². The molecule has 1 aromatic rings. The van der Waals surface area contributed by atoms with Crippen molar-refractivity contribution in [2.45, 2.75) is 39.8 Å². The maximum absolute atomic E-state index is 13.0. The molecule has 3 amide bonds. The lowest BCUT2D eigenvalue weighted by Gasteiger charge is -2.32. The molecule has 1 saturated heterocycles. The number of urea groups is 1. The van der Waals surface area contributed by atoms with E-state index in [9.17, 15) is 14.0 Å². The van der Waals surface area contributed by atoms with Gasteiger partial charge in [0, 0.05) is 30.9 Å². The summed E-state index contributed by atoms with van der Waals surface area (Å²) in [4.78, 5) is 29.9. The van der Waals surface area contributed by atoms with E-state index in [-0.39, 0.29) is 36.4 Å². The lowest BCUT2D eigenvalue weighted by molar-refractivity contribution is -0.135. The van der Waals surface area contributed by atoms with Crippen molar-refractivity contribution in [1.82, 2.24) is 9.80 Å². The van der Waals surface area contributed by atoms with E-state index in [1.54, 1.807) is 26.8 Å². The molecule has 1 aliphatic heterocycles. The molecule has 1 aromatic carbocycles. The van der Waals surface area contributed by atoms with Gasteiger partial charge in [-0.2, -0.15) is 0 Å². The van der Waals surface area contributed by atoms with Gasteiger partial charge < -0.3 is 9.80 Å². The molecule has 6 heteroatoms. The van der Waals surface area contributed by atoms with Gasteiger partial charge in [-0.05, 0) is 52.0 Å². The third-order valence-electron chi connectivity index (χ3n) is 3.96. The molecule has 126 valence electrons. The summed E-state index contributed by atoms with van der Waals surface area (Å²) in [5.74, 6) is -0.388. The maximum atomic E-state index is 13.0. The van der Waals surface area contributed by atoms with Gasteiger partial charge in [0.15, 0.2) is 0 Å². The highest BCUT2D eigenvalue weighted by atomic mass is 19.1. The Hall–Kier alpha value is -2.11. The molecule has 2 rings (SSSR count). The fraction of sp³-hybridized carbons (Fsp3) is 0.529. The van der Waals surface area contributed by atoms with Crippen molar-refractivity contribution in [3.8, 4) is 0 Å². The summed E-state index contributed by atoms with van der Waals surface area (Å²) in [6, 6.07) is 5.78. The van der Waals surface area contributed by atoms with Crippen LogP contribution in [0.1, 0.15) is 27.7 Å². The van der Waals surface area contributed by atoms with Crippen LogP contribution in [0.15, 0.2) is 24.3 Å². The third-order valence-corrected chi connectivity index (χ3v) is 3.96. The molecule has 0 saturated carbocycles. The molecule has 0 radical (unpaired) electrons. The van der Waals surface area contributed by atoms with Crippen molar-refractivity contribution < 1.29 is 14.0 Å². The topological polar surface area (TPSA) is 43.9 Å². The van der Waals surface area contributed by atoms with Crippen LogP contribution in [0.25, 0.3) is 0 Å². The minimum Gasteiger partial charge on any atom is -0.336 e. The van der Waals surface area contributed by atoms with Crippen LogP contribution >= 0.6 is 0 Å². The molecule has 23 heavy (non-hydrogen) atoms. The van der Waals surface area contributed by atoms with Crippen molar-refractivity contribution in [3.05, 3.63) is 30.1 Å². The number of hydrogen-bond acceptors (Lipinski definition) is 2. The van der Waals surface area contributed by atoms with Gasteiger partial charge in [-0.1, -0.05) is 0 Å². The standard InChI is InChI=1S/C17H24FN3O2/c1-12(2)21(13(3)4)16(22)11-19-9-10-20(17(19)23)15-7-5-14(18)6-8-15/h5-8,12-13H,9-11H2,1-4H3. The fourth-order valence-electron chi connectivity index (χ4n) is 3.01. The summed E-state index contributed by atoms with van der Waals surface area (Å²) in [6.07, 6.45) is 0. The van der Waals surface area contributed by atoms with Gasteiger partial charge in [0.05, 0.1) is 0 Å². The number of carbonyl (C=O) groups excluding carboxylic acids is 2. The second-order valence-electron chi connectivity index (χ2n) is 6.32. The van der Waals surface area contributed by atoms with E-state index in [1.807, 2.05) is 27.7 Å². The monoisotopic (exact) mass is 321 g/mol. The normalized spacial score (nSPS) is 15.0. The molecule has 1 aliphatic rings. The highest BCUT2D eigenvalue weighted by Gasteiger charge is 2.32. The predicted octanol–water partition coefficient (Wildman–Crippen LogP) is 2.71. The van der Waals surface area contributed by atoms with Crippen LogP contribution in [-0.2, 0) is 4.79 Å². The Morgan fingerprint density at radius 3 is 2.22 bits per heavy atom. The first-order valence-electron chi connectivity index (χ1n) is 7.94. The molecule has 5 nitrogen and oxygen atoms in total. The SMILES string of the molecule is CC(C)N(C(=O)CN1CCN(c2ccc(F)cc2)C1=O)C(C)C. The lowest BCUT2D eigenvalue weighted by Crippen LogP contribution is -2.48. The largest absolute Gasteiger partial charge is 0.336 e. The average molecular weight is 321 g/mol. The van der Waals surface area contributed by atoms with Gasteiger partial charge in [0.2, 0.25) is 5.91 Å². The van der Waals surface area contributed by atoms with Gasteiger partial charge in [0.25, 0.3) is 0 Å². The molecule has 0 aliphatic carbocycles. The summed E-state index contributed by atoms with van der Waals surface area (Å²) in [5.41, 5.74) is 0.649. The quantitative estimate of drug-likeness (QED) is 0.837. The van der Waals surface area contributed by atoms with Crippen LogP contribution in [0.5, 0.6) is 0 Å². The number of anilines is 1. The van der Waals surface area contributed by atoms with Gasteiger partial charge in [-0.15, -0.1) is 0 Å². The van der Waals surface area contributed by atoms with Gasteiger partial charge in [-0.3, -0.25) is 9.69 Å². The number of hydrogen-bond donors (Lipinski definition) is 0. The summed E-state index contributed by atoms with van der Waals surface area (Å²) < 4.78 is 13.0. The van der Waals surface area contributed by atoms with Crippen LogP contribution in [0.4, 0.5) is 14.9 Å². The Morgan fingerprint density at radius 2 is 1.70 bits per heavy atom. The zero-order chi connectivity index (χ0) is 17.1. The van der Waals surface area contributed by atoms with E-state index in [4.69, 9.17) is 0 Å². The molecular formula is C17H24FN3O2. The smallest absolute Gasteiger partial charge is 0.325 e. The zero-order valence-corrected chi connectivity index (χ0v) is 14.1. The summed E-state index contributed by atoms with van der Waals surface area (Å²) in [6.45, 7) is 8.94. The second kappa shape index (κ2) is 6.98. The summed E-state index contributed by atoms with van der Waals surface area (Å²) >= 11 is 0. The van der Waals surface area contributed by atoms with Crippen LogP contribution < -0.4 is 4.90 Å². The molecule has 0 unspecified atom stereocenters. The van der Waals surface area contributed by atoms with Gasteiger partial charge in [-0.25, -0.2) is 9.18 Å². The van der Waals surface area contributed by atoms with Crippen molar-refractivity contribution in [3.63, 3.8) is 0 Å². The number of rotatable bonds is 5. The number of amides is 3. The molecule has 0 spiro atoms. The number of nitrogens with zero attached hydrogens (tertiary/aromatic N) is 3. The third kappa shape index (κ3) is 3.81. The highest BCUT2D eigenvalue weighted by Crippen LogP contribution is 2.21. The summed E-state index contributed by atoms with van der Waals surface area (Å²) in [5, 5.41) is 0. The zero-order valence-electron chi connectivity index (χ0n) is 14.1. The highest BCUT2D eigenvalue weighted by molar-refractivity contribution is 5.96. The summed E-state index contributed by atoms with van der Waals surface area (Å²) in [7, 11) is 0. The van der Waals surface area contributed by atoms with E-state index >= 15 is 0 Å². The van der Waals surface area contributed by atoms with Crippen molar-refractivity contribution in [2.75, 3.05) is 24.5 Å². The Balaban J connectivity index is 2.04. The Kier molecular flexibility index (Phi) is 5.23. The minimum atomic E-state index is -0.336. The molecule has 0 N–H and O–H groups in total. The number of halogens is 1. The van der Waals surface area contributed by atoms with E-state index in [0.717, 1.165) is 0 Å². The van der Waals surface area contributed by atoms with Crippen LogP contribution in [0.2, 0.25) is 0 Å². The molecule has 0 aromatic heterocycles. The van der Waals surface area contributed by atoms with Crippen molar-refractivity contribution in [1.29, 1.82) is 0 Å². The van der Waals surface area contributed by atoms with Crippen molar-refractivity contribution >= 4 is 17.6 Å². The molecule has 1 fully saturated rings. The van der Waals surface area contributed by atoms with E-state index in [0.29, 0.717) is 18.8 Å². The Labute approximate surface area is 136 Å². The Bertz CT molecular complexity index is 564. The van der Waals surface area contributed by atoms with E-state index in [1.165, 1.54) is 12.1 Å². The minimum absolute atomic E-state index is 0.0516. The molecule has 0 bridgehead atoms. The van der Waals surface area contributed by atoms with Gasteiger partial charge >= 0.3 is 6.03 Å². The maximum Gasteiger partial charge on any atom is 0.325 e. The van der Waals surface area contributed by atoms with Crippen LogP contribution in [-0.4, -0.2) is 53.5 Å². The molecule has 0 atom stereocenters. The predicted molar refractivity (Wildman–Crippen MR) is 87.8 cm³/mol. The van der Waals surface area contributed by atoms with Crippen LogP contribution in [0.3, 0.4) is 0 Å². The first-order chi connectivity index (χ1) is 10.8. The molecule has 1 heterocycles. The number of benzene rings is 1. The first kappa shape index (κ1) is 17.2. The second-order valence-corrected chi connectivity index (χ2v) is 6.32. The van der Waals surface area contributed by atoms with E-state index in [2.05, 4.69) is 0 Å². The van der Waals surface area contributed by atoms with Crippen molar-refractivity contribution in [2.24, 2.45) is 0 Å². The molecular weight excluding hydrogens is 297 g/mol. The number of carbonyl (C=O) groups is 2. The van der Waals surface area contributed by atoms with Crippen LogP contribution in [0, 0.1) is 5.82 Å². The lowest BCUT2D eigenvalue weighted by atomic mass is 10.2. The average Bonchev–Trinajstić information content (AvgIpc) is 2.80. The fourth-order valence-corrected chi connectivity index (χ4v) is 3.01. The Morgan fingerprint density at radius 1 is 1.13 bits per heavy atom. The first-order valence-corrected chi connectivity index (χ1v) is 7.94.